The summed E-state index contributed by atoms with van der Waals surface area (Å²) in [5.41, 5.74) is 6.22. The van der Waals surface area contributed by atoms with Gasteiger partial charge in [-0.2, -0.15) is 0 Å². The molecule has 0 atom stereocenters. The fourth-order valence-electron chi connectivity index (χ4n) is 1.19. The van der Waals surface area contributed by atoms with E-state index in [1.807, 2.05) is 0 Å². The van der Waals surface area contributed by atoms with Crippen LogP contribution in [0.5, 0.6) is 0 Å². The number of hydrogen-bond donors (Lipinski definition) is 2. The summed E-state index contributed by atoms with van der Waals surface area (Å²) in [6.45, 7) is 0.586. The van der Waals surface area contributed by atoms with Gasteiger partial charge in [-0.1, -0.05) is 6.07 Å². The lowest BCUT2D eigenvalue weighted by molar-refractivity contribution is -0.117. The first kappa shape index (κ1) is 12.6. The highest BCUT2D eigenvalue weighted by Gasteiger charge is 2.07. The molecule has 1 rings (SSSR count). The van der Waals surface area contributed by atoms with Gasteiger partial charge in [-0.3, -0.25) is 4.79 Å². The van der Waals surface area contributed by atoms with Crippen LogP contribution in [0, 0.1) is 5.82 Å². The molecule has 1 aromatic rings. The number of halogens is 1. The van der Waals surface area contributed by atoms with Gasteiger partial charge in [-0.15, -0.1) is 0 Å². The van der Waals surface area contributed by atoms with Crippen LogP contribution in [0.3, 0.4) is 0 Å². The van der Waals surface area contributed by atoms with Crippen molar-refractivity contribution in [3.05, 3.63) is 29.6 Å². The number of hydrogen-bond acceptors (Lipinski definition) is 3. The molecule has 5 heteroatoms. The third-order valence-corrected chi connectivity index (χ3v) is 2.08. The van der Waals surface area contributed by atoms with Gasteiger partial charge in [0.05, 0.1) is 18.7 Å². The zero-order valence-corrected chi connectivity index (χ0v) is 9.13. The van der Waals surface area contributed by atoms with E-state index >= 15 is 0 Å². The molecule has 0 aromatic heterocycles. The molecule has 0 aliphatic carbocycles. The molecule has 0 saturated heterocycles. The molecule has 0 radical (unpaired) electrons. The molecule has 0 aliphatic heterocycles. The van der Waals surface area contributed by atoms with E-state index in [0.29, 0.717) is 12.2 Å². The van der Waals surface area contributed by atoms with Gasteiger partial charge in [-0.25, -0.2) is 4.39 Å². The summed E-state index contributed by atoms with van der Waals surface area (Å²) >= 11 is 0. The van der Waals surface area contributed by atoms with Crippen molar-refractivity contribution in [2.75, 3.05) is 19.0 Å². The molecule has 0 unspecified atom stereocenters. The molecule has 1 aromatic carbocycles. The maximum Gasteiger partial charge on any atom is 0.226 e. The van der Waals surface area contributed by atoms with Gasteiger partial charge in [0, 0.05) is 13.7 Å². The minimum Gasteiger partial charge on any atom is -0.384 e. The van der Waals surface area contributed by atoms with Crippen LogP contribution in [0.4, 0.5) is 10.1 Å². The summed E-state index contributed by atoms with van der Waals surface area (Å²) in [5.74, 6) is -0.755. The first-order chi connectivity index (χ1) is 7.67. The van der Waals surface area contributed by atoms with Gasteiger partial charge in [0.15, 0.2) is 0 Å². The number of nitrogens with one attached hydrogen (secondary N) is 1. The number of carbonyl (C=O) groups excluding carboxylic acids is 1. The molecule has 1 amide bonds. The summed E-state index contributed by atoms with van der Waals surface area (Å²) in [4.78, 5) is 11.3. The smallest absolute Gasteiger partial charge is 0.226 e. The average molecular weight is 226 g/mol. The van der Waals surface area contributed by atoms with Crippen molar-refractivity contribution in [1.82, 2.24) is 0 Å². The van der Waals surface area contributed by atoms with Gasteiger partial charge in [0.2, 0.25) is 5.91 Å². The third-order valence-electron chi connectivity index (χ3n) is 2.08. The number of benzene rings is 1. The van der Waals surface area contributed by atoms with Crippen LogP contribution in [0.2, 0.25) is 0 Å². The highest BCUT2D eigenvalue weighted by Crippen LogP contribution is 2.15. The largest absolute Gasteiger partial charge is 0.384 e. The van der Waals surface area contributed by atoms with E-state index in [0.717, 1.165) is 0 Å². The van der Waals surface area contributed by atoms with Crippen LogP contribution in [0.1, 0.15) is 12.0 Å². The number of anilines is 1. The quantitative estimate of drug-likeness (QED) is 0.794. The molecular formula is C11H15FN2O2. The second-order valence-corrected chi connectivity index (χ2v) is 3.31. The van der Waals surface area contributed by atoms with Crippen LogP contribution in [-0.2, 0) is 16.1 Å². The molecule has 4 nitrogen and oxygen atoms in total. The van der Waals surface area contributed by atoms with Gasteiger partial charge in [0.1, 0.15) is 5.82 Å². The number of nitrogens with two attached hydrogens (primary N) is 1. The Balaban J connectivity index is 2.63. The zero-order chi connectivity index (χ0) is 12.0. The topological polar surface area (TPSA) is 64.3 Å². The zero-order valence-electron chi connectivity index (χ0n) is 9.13. The Kier molecular flexibility index (Phi) is 4.88. The normalized spacial score (nSPS) is 10.2. The fourth-order valence-corrected chi connectivity index (χ4v) is 1.19. The molecule has 0 heterocycles. The lowest BCUT2D eigenvalue weighted by atomic mass is 10.2. The minimum absolute atomic E-state index is 0.165. The van der Waals surface area contributed by atoms with Crippen molar-refractivity contribution in [1.29, 1.82) is 0 Å². The Hall–Kier alpha value is -1.46. The molecule has 0 aliphatic rings. The van der Waals surface area contributed by atoms with Crippen LogP contribution in [-0.4, -0.2) is 19.6 Å². The summed E-state index contributed by atoms with van der Waals surface area (Å²) in [6, 6.07) is 4.49. The van der Waals surface area contributed by atoms with Crippen LogP contribution < -0.4 is 11.1 Å². The van der Waals surface area contributed by atoms with E-state index in [4.69, 9.17) is 10.5 Å². The Morgan fingerprint density at radius 2 is 2.31 bits per heavy atom. The Morgan fingerprint density at radius 1 is 1.56 bits per heavy atom. The highest BCUT2D eigenvalue weighted by molar-refractivity contribution is 5.90. The van der Waals surface area contributed by atoms with Crippen molar-refractivity contribution >= 4 is 11.6 Å². The maximum atomic E-state index is 13.4. The van der Waals surface area contributed by atoms with Gasteiger partial charge >= 0.3 is 0 Å². The Morgan fingerprint density at radius 3 is 2.88 bits per heavy atom. The predicted molar refractivity (Wildman–Crippen MR) is 59.4 cm³/mol. The fraction of sp³-hybridized carbons (Fsp3) is 0.364. The minimum atomic E-state index is -0.478. The number of amides is 1. The molecule has 3 N–H and O–H groups in total. The van der Waals surface area contributed by atoms with Crippen molar-refractivity contribution in [3.8, 4) is 0 Å². The van der Waals surface area contributed by atoms with E-state index in [-0.39, 0.29) is 24.6 Å². The number of rotatable bonds is 5. The molecule has 16 heavy (non-hydrogen) atoms. The summed E-state index contributed by atoms with van der Waals surface area (Å²) < 4.78 is 18.2. The third kappa shape index (κ3) is 3.60. The van der Waals surface area contributed by atoms with E-state index < -0.39 is 5.82 Å². The summed E-state index contributed by atoms with van der Waals surface area (Å²) in [5, 5.41) is 2.46. The summed E-state index contributed by atoms with van der Waals surface area (Å²) in [6.07, 6.45) is 0.203. The monoisotopic (exact) mass is 226 g/mol. The lowest BCUT2D eigenvalue weighted by Gasteiger charge is -2.07. The molecule has 0 spiro atoms. The second kappa shape index (κ2) is 6.19. The SMILES string of the molecule is COCCC(=O)Nc1ccc(CN)cc1F. The van der Waals surface area contributed by atoms with Crippen molar-refractivity contribution in [3.63, 3.8) is 0 Å². The van der Waals surface area contributed by atoms with Crippen molar-refractivity contribution < 1.29 is 13.9 Å². The second-order valence-electron chi connectivity index (χ2n) is 3.31. The summed E-state index contributed by atoms with van der Waals surface area (Å²) in [7, 11) is 1.50. The molecule has 0 fully saturated rings. The van der Waals surface area contributed by atoms with Gasteiger partial charge < -0.3 is 15.8 Å². The van der Waals surface area contributed by atoms with E-state index in [9.17, 15) is 9.18 Å². The number of ether oxygens (including phenoxy) is 1. The molecule has 88 valence electrons. The van der Waals surface area contributed by atoms with Gasteiger partial charge in [0.25, 0.3) is 0 Å². The average Bonchev–Trinajstić information content (AvgIpc) is 2.29. The van der Waals surface area contributed by atoms with Crippen LogP contribution >= 0.6 is 0 Å². The molecular weight excluding hydrogens is 211 g/mol. The van der Waals surface area contributed by atoms with Crippen molar-refractivity contribution in [2.24, 2.45) is 5.73 Å². The number of methoxy groups -OCH3 is 1. The lowest BCUT2D eigenvalue weighted by Crippen LogP contribution is -2.14. The van der Waals surface area contributed by atoms with Crippen LogP contribution in [0.25, 0.3) is 0 Å². The van der Waals surface area contributed by atoms with Crippen molar-refractivity contribution in [2.45, 2.75) is 13.0 Å². The van der Waals surface area contributed by atoms with Crippen LogP contribution in [0.15, 0.2) is 18.2 Å². The van der Waals surface area contributed by atoms with Gasteiger partial charge in [-0.05, 0) is 17.7 Å². The predicted octanol–water partition coefficient (Wildman–Crippen LogP) is 1.26. The standard InChI is InChI=1S/C11H15FN2O2/c1-16-5-4-11(15)14-10-3-2-8(7-13)6-9(10)12/h2-3,6H,4-5,7,13H2,1H3,(H,14,15). The van der Waals surface area contributed by atoms with E-state index in [1.165, 1.54) is 19.2 Å². The highest BCUT2D eigenvalue weighted by atomic mass is 19.1. The molecule has 0 saturated carbocycles. The number of carbonyl (C=O) groups is 1. The Bertz CT molecular complexity index is 369. The Labute approximate surface area is 93.6 Å². The first-order valence-electron chi connectivity index (χ1n) is 4.94. The van der Waals surface area contributed by atoms with E-state index in [1.54, 1.807) is 6.07 Å². The first-order valence-corrected chi connectivity index (χ1v) is 4.94. The van der Waals surface area contributed by atoms with E-state index in [2.05, 4.69) is 5.32 Å². The maximum absolute atomic E-state index is 13.4. The molecule has 0 bridgehead atoms.